The highest BCUT2D eigenvalue weighted by atomic mass is 16.2. The maximum absolute atomic E-state index is 12.5. The van der Waals surface area contributed by atoms with Gasteiger partial charge in [0.1, 0.15) is 5.82 Å². The van der Waals surface area contributed by atoms with E-state index in [2.05, 4.69) is 22.5 Å². The van der Waals surface area contributed by atoms with Crippen LogP contribution in [0.25, 0.3) is 0 Å². The topological polar surface area (TPSA) is 67.2 Å². The summed E-state index contributed by atoms with van der Waals surface area (Å²) in [6.07, 6.45) is 5.63. The molecule has 0 bridgehead atoms. The Kier molecular flexibility index (Phi) is 5.16. The lowest BCUT2D eigenvalue weighted by molar-refractivity contribution is -0.144. The third-order valence-corrected chi connectivity index (χ3v) is 5.03. The summed E-state index contributed by atoms with van der Waals surface area (Å²) in [5, 5.41) is 6.62. The zero-order chi connectivity index (χ0) is 17.8. The van der Waals surface area contributed by atoms with Crippen molar-refractivity contribution in [2.45, 2.75) is 31.7 Å². The number of carbonyl (C=O) groups excluding carboxylic acids is 2. The SMILES string of the molecule is CN(C(=O)C(=O)Nc1ccnn1C)[C@H]1CCC[C@@H]1Cc1ccccc1. The maximum atomic E-state index is 12.5. The van der Waals surface area contributed by atoms with Crippen molar-refractivity contribution < 1.29 is 9.59 Å². The molecule has 1 aromatic heterocycles. The van der Waals surface area contributed by atoms with Gasteiger partial charge in [-0.05, 0) is 30.7 Å². The van der Waals surface area contributed by atoms with Crippen LogP contribution in [0.2, 0.25) is 0 Å². The summed E-state index contributed by atoms with van der Waals surface area (Å²) < 4.78 is 1.53. The number of nitrogens with zero attached hydrogens (tertiary/aromatic N) is 3. The number of hydrogen-bond donors (Lipinski definition) is 1. The van der Waals surface area contributed by atoms with Crippen LogP contribution in [0.1, 0.15) is 24.8 Å². The lowest BCUT2D eigenvalue weighted by Gasteiger charge is -2.29. The van der Waals surface area contributed by atoms with Crippen LogP contribution in [0, 0.1) is 5.92 Å². The van der Waals surface area contributed by atoms with Crippen LogP contribution in [0.15, 0.2) is 42.6 Å². The van der Waals surface area contributed by atoms with Crippen molar-refractivity contribution in [3.63, 3.8) is 0 Å². The summed E-state index contributed by atoms with van der Waals surface area (Å²) in [4.78, 5) is 26.4. The van der Waals surface area contributed by atoms with Gasteiger partial charge in [0.2, 0.25) is 0 Å². The number of aryl methyl sites for hydroxylation is 1. The molecule has 2 atom stereocenters. The lowest BCUT2D eigenvalue weighted by atomic mass is 9.94. The molecule has 2 aromatic rings. The van der Waals surface area contributed by atoms with Gasteiger partial charge in [0.05, 0.1) is 6.20 Å². The number of hydrogen-bond acceptors (Lipinski definition) is 3. The van der Waals surface area contributed by atoms with Crippen molar-refractivity contribution in [1.29, 1.82) is 0 Å². The molecule has 6 heteroatoms. The van der Waals surface area contributed by atoms with Crippen molar-refractivity contribution in [2.75, 3.05) is 12.4 Å². The average Bonchev–Trinajstić information content (AvgIpc) is 3.24. The molecule has 2 amide bonds. The van der Waals surface area contributed by atoms with Gasteiger partial charge in [-0.3, -0.25) is 14.3 Å². The molecular weight excluding hydrogens is 316 g/mol. The monoisotopic (exact) mass is 340 g/mol. The highest BCUT2D eigenvalue weighted by Crippen LogP contribution is 2.32. The van der Waals surface area contributed by atoms with Crippen LogP contribution in [-0.2, 0) is 23.1 Å². The number of anilines is 1. The molecule has 1 heterocycles. The van der Waals surface area contributed by atoms with Crippen molar-refractivity contribution >= 4 is 17.6 Å². The molecule has 0 saturated heterocycles. The minimum Gasteiger partial charge on any atom is -0.334 e. The zero-order valence-electron chi connectivity index (χ0n) is 14.7. The first-order chi connectivity index (χ1) is 12.1. The molecule has 25 heavy (non-hydrogen) atoms. The molecule has 132 valence electrons. The fraction of sp³-hybridized carbons (Fsp3) is 0.421. The second kappa shape index (κ2) is 7.51. The van der Waals surface area contributed by atoms with Gasteiger partial charge < -0.3 is 10.2 Å². The summed E-state index contributed by atoms with van der Waals surface area (Å²) >= 11 is 0. The largest absolute Gasteiger partial charge is 0.334 e. The van der Waals surface area contributed by atoms with E-state index in [0.29, 0.717) is 11.7 Å². The van der Waals surface area contributed by atoms with Gasteiger partial charge >= 0.3 is 11.8 Å². The molecule has 0 spiro atoms. The summed E-state index contributed by atoms with van der Waals surface area (Å²) in [6, 6.07) is 12.1. The first-order valence-electron chi connectivity index (χ1n) is 8.66. The number of rotatable bonds is 4. The Balaban J connectivity index is 1.64. The Morgan fingerprint density at radius 3 is 2.68 bits per heavy atom. The van der Waals surface area contributed by atoms with Gasteiger partial charge in [-0.2, -0.15) is 5.10 Å². The predicted molar refractivity (Wildman–Crippen MR) is 95.9 cm³/mol. The second-order valence-corrected chi connectivity index (χ2v) is 6.66. The third-order valence-electron chi connectivity index (χ3n) is 5.03. The smallest absolute Gasteiger partial charge is 0.315 e. The summed E-state index contributed by atoms with van der Waals surface area (Å²) in [6.45, 7) is 0. The summed E-state index contributed by atoms with van der Waals surface area (Å²) in [7, 11) is 3.45. The lowest BCUT2D eigenvalue weighted by Crippen LogP contribution is -2.45. The Morgan fingerprint density at radius 2 is 2.00 bits per heavy atom. The Morgan fingerprint density at radius 1 is 1.24 bits per heavy atom. The Bertz CT molecular complexity index is 741. The zero-order valence-corrected chi connectivity index (χ0v) is 14.7. The fourth-order valence-electron chi connectivity index (χ4n) is 3.66. The fourth-order valence-corrected chi connectivity index (χ4v) is 3.66. The van der Waals surface area contributed by atoms with Crippen LogP contribution in [-0.4, -0.2) is 39.6 Å². The minimum atomic E-state index is -0.614. The number of nitrogens with one attached hydrogen (secondary N) is 1. The Labute approximate surface area is 147 Å². The van der Waals surface area contributed by atoms with Crippen LogP contribution >= 0.6 is 0 Å². The molecule has 0 aliphatic heterocycles. The van der Waals surface area contributed by atoms with Crippen LogP contribution < -0.4 is 5.32 Å². The molecule has 3 rings (SSSR count). The average molecular weight is 340 g/mol. The highest BCUT2D eigenvalue weighted by molar-refractivity contribution is 6.39. The molecular formula is C19H24N4O2. The standard InChI is InChI=1S/C19H24N4O2/c1-22(19(25)18(24)21-17-11-12-20-23(17)2)16-10-6-9-15(16)13-14-7-4-3-5-8-14/h3-5,7-8,11-12,15-16H,6,9-10,13H2,1-2H3,(H,21,24)/t15-,16+/m1/s1. The highest BCUT2D eigenvalue weighted by Gasteiger charge is 2.34. The van der Waals surface area contributed by atoms with Gasteiger partial charge in [0.25, 0.3) is 0 Å². The molecule has 1 aromatic carbocycles. The summed E-state index contributed by atoms with van der Waals surface area (Å²) in [5.41, 5.74) is 1.28. The van der Waals surface area contributed by atoms with Crippen LogP contribution in [0.4, 0.5) is 5.82 Å². The predicted octanol–water partition coefficient (Wildman–Crippen LogP) is 2.23. The van der Waals surface area contributed by atoms with E-state index in [4.69, 9.17) is 0 Å². The molecule has 1 aliphatic rings. The summed E-state index contributed by atoms with van der Waals surface area (Å²) in [5.74, 6) is -0.206. The van der Waals surface area contributed by atoms with Crippen molar-refractivity contribution in [1.82, 2.24) is 14.7 Å². The number of aromatic nitrogens is 2. The molecule has 0 radical (unpaired) electrons. The van der Waals surface area contributed by atoms with Gasteiger partial charge in [-0.15, -0.1) is 0 Å². The van der Waals surface area contributed by atoms with Crippen molar-refractivity contribution in [3.8, 4) is 0 Å². The number of likely N-dealkylation sites (N-methyl/N-ethyl adjacent to an activating group) is 1. The molecule has 0 unspecified atom stereocenters. The maximum Gasteiger partial charge on any atom is 0.315 e. The van der Waals surface area contributed by atoms with E-state index in [-0.39, 0.29) is 6.04 Å². The van der Waals surface area contributed by atoms with E-state index in [1.807, 2.05) is 18.2 Å². The van der Waals surface area contributed by atoms with Crippen LogP contribution in [0.3, 0.4) is 0 Å². The molecule has 6 nitrogen and oxygen atoms in total. The number of carbonyl (C=O) groups is 2. The van der Waals surface area contributed by atoms with Crippen molar-refractivity contribution in [2.24, 2.45) is 13.0 Å². The van der Waals surface area contributed by atoms with E-state index < -0.39 is 11.8 Å². The number of amides is 2. The molecule has 1 aliphatic carbocycles. The van der Waals surface area contributed by atoms with Gasteiger partial charge in [0, 0.05) is 26.2 Å². The third kappa shape index (κ3) is 3.90. The second-order valence-electron chi connectivity index (χ2n) is 6.66. The van der Waals surface area contributed by atoms with Gasteiger partial charge in [-0.25, -0.2) is 0 Å². The van der Waals surface area contributed by atoms with E-state index >= 15 is 0 Å². The number of benzene rings is 1. The normalized spacial score (nSPS) is 19.6. The van der Waals surface area contributed by atoms with E-state index in [1.54, 1.807) is 31.3 Å². The molecule has 1 N–H and O–H groups in total. The van der Waals surface area contributed by atoms with E-state index in [9.17, 15) is 9.59 Å². The first kappa shape index (κ1) is 17.2. The Hall–Kier alpha value is -2.63. The van der Waals surface area contributed by atoms with Gasteiger partial charge in [-0.1, -0.05) is 36.8 Å². The minimum absolute atomic E-state index is 0.102. The van der Waals surface area contributed by atoms with E-state index in [1.165, 1.54) is 10.2 Å². The molecule has 1 saturated carbocycles. The first-order valence-corrected chi connectivity index (χ1v) is 8.66. The molecule has 1 fully saturated rings. The van der Waals surface area contributed by atoms with Gasteiger partial charge in [0.15, 0.2) is 0 Å². The van der Waals surface area contributed by atoms with Crippen LogP contribution in [0.5, 0.6) is 0 Å². The quantitative estimate of drug-likeness (QED) is 0.868. The van der Waals surface area contributed by atoms with Crippen molar-refractivity contribution in [3.05, 3.63) is 48.2 Å². The van der Waals surface area contributed by atoms with E-state index in [0.717, 1.165) is 25.7 Å².